The second kappa shape index (κ2) is 5.98. The second-order valence-electron chi connectivity index (χ2n) is 3.77. The number of nitrogens with two attached hydrogens (primary N) is 1. The maximum atomic E-state index is 5.72. The summed E-state index contributed by atoms with van der Waals surface area (Å²) in [6, 6.07) is 15.4. The molecule has 0 saturated carbocycles. The van der Waals surface area contributed by atoms with Crippen LogP contribution in [0.25, 0.3) is 0 Å². The predicted molar refractivity (Wildman–Crippen MR) is 80.8 cm³/mol. The molecule has 0 saturated heterocycles. The summed E-state index contributed by atoms with van der Waals surface area (Å²) in [6.07, 6.45) is 0. The van der Waals surface area contributed by atoms with Gasteiger partial charge in [-0.1, -0.05) is 58.5 Å². The Balaban J connectivity index is 2.13. The minimum absolute atomic E-state index is 0.392. The molecule has 2 N–H and O–H groups in total. The molecule has 0 spiro atoms. The number of halogens is 1. The summed E-state index contributed by atoms with van der Waals surface area (Å²) in [6.45, 7) is 0.448. The van der Waals surface area contributed by atoms with E-state index < -0.39 is 0 Å². The van der Waals surface area contributed by atoms with Crippen molar-refractivity contribution in [2.75, 3.05) is 0 Å². The zero-order chi connectivity index (χ0) is 13.0. The van der Waals surface area contributed by atoms with Gasteiger partial charge in [-0.25, -0.2) is 0 Å². The van der Waals surface area contributed by atoms with Gasteiger partial charge in [-0.05, 0) is 23.8 Å². The molecule has 0 atom stereocenters. The fraction of sp³-hybridized carbons (Fsp3) is 0.0714. The summed E-state index contributed by atoms with van der Waals surface area (Å²) in [5, 5.41) is 0. The smallest absolute Gasteiger partial charge is 0.120 e. The number of hydrogen-bond acceptors (Lipinski definition) is 2. The highest BCUT2D eigenvalue weighted by Gasteiger charge is 2.05. The molecule has 0 fully saturated rings. The van der Waals surface area contributed by atoms with E-state index in [0.717, 1.165) is 21.3 Å². The average molecular weight is 322 g/mol. The summed E-state index contributed by atoms with van der Waals surface area (Å²) in [7, 11) is 0. The van der Waals surface area contributed by atoms with Crippen molar-refractivity contribution in [2.24, 2.45) is 5.73 Å². The summed E-state index contributed by atoms with van der Waals surface area (Å²) >= 11 is 8.42. The third kappa shape index (κ3) is 3.31. The maximum absolute atomic E-state index is 5.72. The molecule has 0 radical (unpaired) electrons. The fourth-order valence-electron chi connectivity index (χ4n) is 1.60. The van der Waals surface area contributed by atoms with Gasteiger partial charge in [0.2, 0.25) is 0 Å². The van der Waals surface area contributed by atoms with E-state index in [1.165, 1.54) is 0 Å². The molecule has 0 aliphatic carbocycles. The van der Waals surface area contributed by atoms with Gasteiger partial charge in [0, 0.05) is 10.0 Å². The Morgan fingerprint density at radius 2 is 1.94 bits per heavy atom. The first-order valence-electron chi connectivity index (χ1n) is 5.43. The van der Waals surface area contributed by atoms with Gasteiger partial charge in [0.15, 0.2) is 0 Å². The molecule has 2 rings (SSSR count). The van der Waals surface area contributed by atoms with Crippen LogP contribution in [0.2, 0.25) is 0 Å². The van der Waals surface area contributed by atoms with Crippen molar-refractivity contribution in [3.05, 3.63) is 64.1 Å². The van der Waals surface area contributed by atoms with Crippen LogP contribution in [-0.2, 0) is 6.61 Å². The Kier molecular flexibility index (Phi) is 4.33. The maximum Gasteiger partial charge on any atom is 0.120 e. The van der Waals surface area contributed by atoms with Gasteiger partial charge in [0.1, 0.15) is 17.3 Å². The van der Waals surface area contributed by atoms with Crippen LogP contribution in [0.1, 0.15) is 11.1 Å². The molecule has 0 aliphatic rings. The highest BCUT2D eigenvalue weighted by Crippen LogP contribution is 2.19. The van der Waals surface area contributed by atoms with Gasteiger partial charge >= 0.3 is 0 Å². The summed E-state index contributed by atoms with van der Waals surface area (Å²) in [4.78, 5) is 0.392. The van der Waals surface area contributed by atoms with Crippen LogP contribution in [-0.4, -0.2) is 4.99 Å². The molecular formula is C14H12BrNOS. The van der Waals surface area contributed by atoms with E-state index in [1.807, 2.05) is 48.5 Å². The number of ether oxygens (including phenoxy) is 1. The minimum Gasteiger partial charge on any atom is -0.489 e. The van der Waals surface area contributed by atoms with Crippen LogP contribution in [0, 0.1) is 0 Å². The normalized spacial score (nSPS) is 10.1. The number of hydrogen-bond donors (Lipinski definition) is 1. The van der Waals surface area contributed by atoms with Crippen molar-refractivity contribution in [1.82, 2.24) is 0 Å². The van der Waals surface area contributed by atoms with Crippen LogP contribution in [0.4, 0.5) is 0 Å². The van der Waals surface area contributed by atoms with Crippen LogP contribution in [0.5, 0.6) is 5.75 Å². The van der Waals surface area contributed by atoms with Crippen LogP contribution in [0.3, 0.4) is 0 Å². The number of rotatable bonds is 4. The van der Waals surface area contributed by atoms with Crippen molar-refractivity contribution in [3.8, 4) is 5.75 Å². The minimum atomic E-state index is 0.392. The van der Waals surface area contributed by atoms with E-state index in [1.54, 1.807) is 0 Å². The van der Waals surface area contributed by atoms with Crippen molar-refractivity contribution < 1.29 is 4.74 Å². The van der Waals surface area contributed by atoms with Gasteiger partial charge in [-0.15, -0.1) is 0 Å². The lowest BCUT2D eigenvalue weighted by Gasteiger charge is -2.10. The zero-order valence-corrected chi connectivity index (χ0v) is 12.0. The molecule has 0 aliphatic heterocycles. The van der Waals surface area contributed by atoms with Gasteiger partial charge in [0.25, 0.3) is 0 Å². The summed E-state index contributed by atoms with van der Waals surface area (Å²) in [5.41, 5.74) is 7.53. The largest absolute Gasteiger partial charge is 0.489 e. The topological polar surface area (TPSA) is 35.2 Å². The van der Waals surface area contributed by atoms with E-state index >= 15 is 0 Å². The molecule has 92 valence electrons. The first-order chi connectivity index (χ1) is 8.66. The van der Waals surface area contributed by atoms with Crippen molar-refractivity contribution in [2.45, 2.75) is 6.61 Å². The summed E-state index contributed by atoms with van der Waals surface area (Å²) in [5.74, 6) is 0.808. The lowest BCUT2D eigenvalue weighted by atomic mass is 10.1. The molecule has 0 unspecified atom stereocenters. The molecule has 2 aromatic rings. The molecule has 2 aromatic carbocycles. The van der Waals surface area contributed by atoms with Crippen molar-refractivity contribution in [1.29, 1.82) is 0 Å². The van der Waals surface area contributed by atoms with Gasteiger partial charge in [-0.3, -0.25) is 0 Å². The number of thiocarbonyl (C=S) groups is 1. The van der Waals surface area contributed by atoms with Crippen LogP contribution >= 0.6 is 28.1 Å². The van der Waals surface area contributed by atoms with Gasteiger partial charge < -0.3 is 10.5 Å². The molecule has 4 heteroatoms. The Bertz CT molecular complexity index is 571. The third-order valence-corrected chi connectivity index (χ3v) is 3.19. The first-order valence-corrected chi connectivity index (χ1v) is 6.63. The molecule has 0 heterocycles. The quantitative estimate of drug-likeness (QED) is 0.873. The number of benzene rings is 2. The summed E-state index contributed by atoms with van der Waals surface area (Å²) < 4.78 is 6.71. The first kappa shape index (κ1) is 13.1. The van der Waals surface area contributed by atoms with E-state index in [4.69, 9.17) is 22.7 Å². The third-order valence-electron chi connectivity index (χ3n) is 2.47. The monoisotopic (exact) mass is 321 g/mol. The molecule has 0 aromatic heterocycles. The highest BCUT2D eigenvalue weighted by molar-refractivity contribution is 9.10. The van der Waals surface area contributed by atoms with Crippen LogP contribution < -0.4 is 10.5 Å². The van der Waals surface area contributed by atoms with Crippen molar-refractivity contribution >= 4 is 33.1 Å². The highest BCUT2D eigenvalue weighted by atomic mass is 79.9. The van der Waals surface area contributed by atoms with E-state index in [9.17, 15) is 0 Å². The Labute approximate surface area is 120 Å². The van der Waals surface area contributed by atoms with Gasteiger partial charge in [-0.2, -0.15) is 0 Å². The van der Waals surface area contributed by atoms with E-state index in [-0.39, 0.29) is 0 Å². The Morgan fingerprint density at radius 1 is 1.17 bits per heavy atom. The molecular weight excluding hydrogens is 310 g/mol. The zero-order valence-electron chi connectivity index (χ0n) is 9.60. The lowest BCUT2D eigenvalue weighted by molar-refractivity contribution is 0.306. The Hall–Kier alpha value is -1.39. The SMILES string of the molecule is NC(=S)c1ccccc1COc1cccc(Br)c1. The predicted octanol–water partition coefficient (Wildman–Crippen LogP) is 3.66. The molecule has 18 heavy (non-hydrogen) atoms. The molecule has 0 amide bonds. The van der Waals surface area contributed by atoms with Gasteiger partial charge in [0.05, 0.1) is 0 Å². The van der Waals surface area contributed by atoms with Crippen molar-refractivity contribution in [3.63, 3.8) is 0 Å². The second-order valence-corrected chi connectivity index (χ2v) is 5.12. The van der Waals surface area contributed by atoms with E-state index in [0.29, 0.717) is 11.6 Å². The van der Waals surface area contributed by atoms with E-state index in [2.05, 4.69) is 15.9 Å². The molecule has 2 nitrogen and oxygen atoms in total. The fourth-order valence-corrected chi connectivity index (χ4v) is 2.18. The van der Waals surface area contributed by atoms with Crippen LogP contribution in [0.15, 0.2) is 53.0 Å². The Morgan fingerprint density at radius 3 is 2.67 bits per heavy atom. The lowest BCUT2D eigenvalue weighted by Crippen LogP contribution is -2.13. The molecule has 0 bridgehead atoms. The average Bonchev–Trinajstić information content (AvgIpc) is 2.37. The standard InChI is InChI=1S/C14H12BrNOS/c15-11-5-3-6-12(8-11)17-9-10-4-1-2-7-13(10)14(16)18/h1-8H,9H2,(H2,16,18).